The molecule has 9 nitrogen and oxygen atoms in total. The first kappa shape index (κ1) is 65.9. The van der Waals surface area contributed by atoms with Gasteiger partial charge in [-0.15, -0.1) is 0 Å². The van der Waals surface area contributed by atoms with Crippen molar-refractivity contribution in [3.05, 3.63) is 60.8 Å². The summed E-state index contributed by atoms with van der Waals surface area (Å²) < 4.78 is 11.2. The Morgan fingerprint density at radius 2 is 0.886 bits per heavy atom. The van der Waals surface area contributed by atoms with E-state index in [1.165, 1.54) is 180 Å². The number of carbonyl (C=O) groups is 1. The number of carbonyl (C=O) groups excluding carboxylic acids is 1. The van der Waals surface area contributed by atoms with E-state index in [9.17, 15) is 30.3 Å². The molecule has 0 radical (unpaired) electrons. The van der Waals surface area contributed by atoms with Gasteiger partial charge in [0.25, 0.3) is 0 Å². The minimum atomic E-state index is -1.56. The molecule has 408 valence electrons. The first-order chi connectivity index (χ1) is 34.3. The number of ether oxygens (including phenoxy) is 2. The maximum absolute atomic E-state index is 13.0. The fraction of sp³-hybridized carbons (Fsp3) is 0.820. The largest absolute Gasteiger partial charge is 0.394 e. The molecule has 7 atom stereocenters. The molecule has 7 unspecified atom stereocenters. The molecule has 9 heteroatoms. The smallest absolute Gasteiger partial charge is 0.220 e. The average molecular weight is 987 g/mol. The first-order valence-corrected chi connectivity index (χ1v) is 29.5. The maximum atomic E-state index is 13.0. The third-order valence-corrected chi connectivity index (χ3v) is 13.8. The SMILES string of the molecule is CC/C=C\C/C=C\C/C=C\C/C=C\CCCCCCCCCCCCCCCCCCCCCCCCCCCCC(=O)NC(COC1OC(CO)C(O)C(O)C1O)C(O)/C=C/CCCCCCCC. The zero-order chi connectivity index (χ0) is 50.8. The summed E-state index contributed by atoms with van der Waals surface area (Å²) in [7, 11) is 0. The third-order valence-electron chi connectivity index (χ3n) is 13.8. The van der Waals surface area contributed by atoms with Gasteiger partial charge in [-0.25, -0.2) is 0 Å². The zero-order valence-corrected chi connectivity index (χ0v) is 45.3. The lowest BCUT2D eigenvalue weighted by atomic mass is 9.99. The summed E-state index contributed by atoms with van der Waals surface area (Å²) in [6.07, 6.45) is 62.1. The van der Waals surface area contributed by atoms with Crippen LogP contribution in [-0.4, -0.2) is 87.5 Å². The van der Waals surface area contributed by atoms with Crippen molar-refractivity contribution in [1.82, 2.24) is 5.32 Å². The van der Waals surface area contributed by atoms with Gasteiger partial charge in [0.15, 0.2) is 6.29 Å². The van der Waals surface area contributed by atoms with Gasteiger partial charge in [-0.3, -0.25) is 4.79 Å². The molecule has 70 heavy (non-hydrogen) atoms. The number of hydrogen-bond acceptors (Lipinski definition) is 8. The van der Waals surface area contributed by atoms with E-state index < -0.39 is 49.5 Å². The lowest BCUT2D eigenvalue weighted by Gasteiger charge is -2.40. The van der Waals surface area contributed by atoms with Crippen molar-refractivity contribution in [3.8, 4) is 0 Å². The van der Waals surface area contributed by atoms with Gasteiger partial charge in [0.05, 0.1) is 25.4 Å². The van der Waals surface area contributed by atoms with E-state index in [1.807, 2.05) is 6.08 Å². The standard InChI is InChI=1S/C61H111NO8/c1-3-5-7-9-11-13-14-15-16-17-18-19-20-21-22-23-24-25-26-27-28-29-30-31-32-33-34-35-36-37-38-39-40-41-42-43-45-47-49-51-57(65)62-54(55(64)50-48-46-44-12-10-8-6-4-2)53-69-61-60(68)59(67)58(66)56(52-63)70-61/h5,7,11,13,15-16,18-19,48,50,54-56,58-61,63-64,66-68H,3-4,6,8-10,12,14,17,20-47,49,51-53H2,1-2H3,(H,62,65)/b7-5-,13-11-,16-15-,19-18-,50-48+. The number of nitrogens with one attached hydrogen (secondary N) is 1. The minimum Gasteiger partial charge on any atom is -0.394 e. The van der Waals surface area contributed by atoms with Gasteiger partial charge in [0.1, 0.15) is 24.4 Å². The molecular formula is C61H111NO8. The lowest BCUT2D eigenvalue weighted by molar-refractivity contribution is -0.302. The fourth-order valence-corrected chi connectivity index (χ4v) is 9.21. The van der Waals surface area contributed by atoms with E-state index in [0.29, 0.717) is 6.42 Å². The molecule has 0 aromatic carbocycles. The van der Waals surface area contributed by atoms with Crippen LogP contribution in [0.3, 0.4) is 0 Å². The van der Waals surface area contributed by atoms with E-state index in [1.54, 1.807) is 6.08 Å². The molecule has 0 spiro atoms. The lowest BCUT2D eigenvalue weighted by Crippen LogP contribution is -2.60. The van der Waals surface area contributed by atoms with Crippen molar-refractivity contribution in [3.63, 3.8) is 0 Å². The highest BCUT2D eigenvalue weighted by atomic mass is 16.7. The van der Waals surface area contributed by atoms with Crippen LogP contribution < -0.4 is 5.32 Å². The monoisotopic (exact) mass is 986 g/mol. The van der Waals surface area contributed by atoms with Gasteiger partial charge in [0.2, 0.25) is 5.91 Å². The first-order valence-electron chi connectivity index (χ1n) is 29.5. The average Bonchev–Trinajstić information content (AvgIpc) is 3.36. The van der Waals surface area contributed by atoms with Crippen LogP contribution in [0.4, 0.5) is 0 Å². The van der Waals surface area contributed by atoms with Gasteiger partial charge >= 0.3 is 0 Å². The minimum absolute atomic E-state index is 0.177. The Labute approximate surface area is 430 Å². The molecule has 1 fully saturated rings. The Kier molecular flexibility index (Phi) is 47.5. The molecule has 1 aliphatic heterocycles. The predicted molar refractivity (Wildman–Crippen MR) is 295 cm³/mol. The van der Waals surface area contributed by atoms with Crippen molar-refractivity contribution in [1.29, 1.82) is 0 Å². The van der Waals surface area contributed by atoms with Crippen molar-refractivity contribution < 1.29 is 39.8 Å². The molecule has 1 amide bonds. The van der Waals surface area contributed by atoms with Gasteiger partial charge in [-0.2, -0.15) is 0 Å². The Morgan fingerprint density at radius 3 is 1.31 bits per heavy atom. The number of amides is 1. The van der Waals surface area contributed by atoms with Crippen LogP contribution in [0.2, 0.25) is 0 Å². The van der Waals surface area contributed by atoms with Crippen LogP contribution in [0.25, 0.3) is 0 Å². The summed E-state index contributed by atoms with van der Waals surface area (Å²) in [4.78, 5) is 13.0. The van der Waals surface area contributed by atoms with E-state index >= 15 is 0 Å². The van der Waals surface area contributed by atoms with Crippen LogP contribution in [0.5, 0.6) is 0 Å². The summed E-state index contributed by atoms with van der Waals surface area (Å²) in [5.41, 5.74) is 0. The second-order valence-corrected chi connectivity index (χ2v) is 20.4. The predicted octanol–water partition coefficient (Wildman–Crippen LogP) is 14.7. The quantitative estimate of drug-likeness (QED) is 0.0261. The highest BCUT2D eigenvalue weighted by molar-refractivity contribution is 5.76. The molecular weight excluding hydrogens is 875 g/mol. The highest BCUT2D eigenvalue weighted by Gasteiger charge is 2.44. The Hall–Kier alpha value is -2.11. The van der Waals surface area contributed by atoms with Gasteiger partial charge in [-0.05, 0) is 57.8 Å². The summed E-state index contributed by atoms with van der Waals surface area (Å²) in [5, 5.41) is 54.1. The van der Waals surface area contributed by atoms with Gasteiger partial charge in [0, 0.05) is 6.42 Å². The molecule has 0 aromatic heterocycles. The second-order valence-electron chi connectivity index (χ2n) is 20.4. The molecule has 6 N–H and O–H groups in total. The maximum Gasteiger partial charge on any atom is 0.220 e. The number of unbranched alkanes of at least 4 members (excludes halogenated alkanes) is 32. The second kappa shape index (κ2) is 50.4. The Morgan fingerprint density at radius 1 is 0.500 bits per heavy atom. The molecule has 0 aromatic rings. The van der Waals surface area contributed by atoms with E-state index in [2.05, 4.69) is 67.8 Å². The molecule has 1 heterocycles. The number of allylic oxidation sites excluding steroid dienone is 9. The van der Waals surface area contributed by atoms with Gasteiger partial charge < -0.3 is 40.3 Å². The summed E-state index contributed by atoms with van der Waals surface area (Å²) >= 11 is 0. The van der Waals surface area contributed by atoms with E-state index in [0.717, 1.165) is 64.2 Å². The Balaban J connectivity index is 1.98. The number of aliphatic hydroxyl groups is 5. The molecule has 1 aliphatic rings. The third kappa shape index (κ3) is 39.4. The van der Waals surface area contributed by atoms with Crippen LogP contribution in [0.15, 0.2) is 60.8 Å². The summed E-state index contributed by atoms with van der Waals surface area (Å²) in [5.74, 6) is -0.177. The molecule has 0 bridgehead atoms. The van der Waals surface area contributed by atoms with Crippen LogP contribution in [0, 0.1) is 0 Å². The summed E-state index contributed by atoms with van der Waals surface area (Å²) in [6.45, 7) is 3.62. The van der Waals surface area contributed by atoms with Crippen LogP contribution in [-0.2, 0) is 14.3 Å². The molecule has 0 aliphatic carbocycles. The molecule has 0 saturated carbocycles. The van der Waals surface area contributed by atoms with E-state index in [4.69, 9.17) is 9.47 Å². The van der Waals surface area contributed by atoms with Crippen LogP contribution in [0.1, 0.15) is 264 Å². The number of aliphatic hydroxyl groups excluding tert-OH is 5. The molecule has 1 saturated heterocycles. The van der Waals surface area contributed by atoms with E-state index in [-0.39, 0.29) is 12.5 Å². The van der Waals surface area contributed by atoms with Crippen molar-refractivity contribution in [2.45, 2.75) is 307 Å². The van der Waals surface area contributed by atoms with Gasteiger partial charge in [-0.1, -0.05) is 261 Å². The topological polar surface area (TPSA) is 149 Å². The normalized spacial score (nSPS) is 19.8. The Bertz CT molecular complexity index is 1280. The highest BCUT2D eigenvalue weighted by Crippen LogP contribution is 2.23. The molecule has 1 rings (SSSR count). The van der Waals surface area contributed by atoms with Crippen molar-refractivity contribution in [2.75, 3.05) is 13.2 Å². The fourth-order valence-electron chi connectivity index (χ4n) is 9.21. The van der Waals surface area contributed by atoms with Crippen molar-refractivity contribution >= 4 is 5.91 Å². The number of hydrogen-bond donors (Lipinski definition) is 6. The number of rotatable bonds is 50. The zero-order valence-electron chi connectivity index (χ0n) is 45.3. The van der Waals surface area contributed by atoms with Crippen LogP contribution >= 0.6 is 0 Å². The summed E-state index contributed by atoms with van der Waals surface area (Å²) in [6, 6.07) is -0.801. The van der Waals surface area contributed by atoms with Crippen molar-refractivity contribution in [2.24, 2.45) is 0 Å².